The predicted octanol–water partition coefficient (Wildman–Crippen LogP) is 6.13. The highest BCUT2D eigenvalue weighted by atomic mass is 32.2. The van der Waals surface area contributed by atoms with Gasteiger partial charge in [-0.3, -0.25) is 47.9 Å². The number of halogens is 3. The normalized spacial score (nSPS) is 24.8. The Balaban J connectivity index is 1.05. The van der Waals surface area contributed by atoms with Crippen LogP contribution >= 0.6 is 23.5 Å². The van der Waals surface area contributed by atoms with Gasteiger partial charge in [-0.25, -0.2) is 13.2 Å². The summed E-state index contributed by atoms with van der Waals surface area (Å²) in [4.78, 5) is 152. The predicted molar refractivity (Wildman–Crippen MR) is 376 cm³/mol. The fraction of sp³-hybridized carbons (Fsp3) is 0.479. The average molecular weight is 1420 g/mol. The number of aromatic amines is 1. The van der Waals surface area contributed by atoms with Crippen LogP contribution in [0, 0.1) is 29.3 Å². The third-order valence-corrected chi connectivity index (χ3v) is 21.3. The molecule has 22 nitrogen and oxygen atoms in total. The fourth-order valence-corrected chi connectivity index (χ4v) is 15.4. The van der Waals surface area contributed by atoms with Crippen LogP contribution < -0.4 is 48.1 Å². The standard InChI is InChI=1S/C73H90F3N11O11S2/c1-41(2)64-69(94)83-58(31-43-12-19-53(98-5)20-13-43)71(96)87-26-9-23-73(87,4)72(97)84-60(65(78)90)40-100-39-45-28-44(29-52(76)30-45)38-99-27-22-63(89)81-57(10-6-7-24-77)67(92)80-42(3)62(88)34-48(32-49-37-79-56-21-18-51(75)36-55(49)56)66(91)82-59(70(95)86-25-8-11-61(86)68(93)85-64)33-47-15-14-46-16-17-50(74)35-54(46)47/h12-13,15-21,28-30,35-37,41-42,48,57-61,64,79H,6-11,14,22-27,31-34,38-40,77H2,1-5H3,(H2,78,90)(H,80,92)(H,81,89)(H,82,91)(H,83,94)(H,84,97)(H,85,93)/t42-,48-,57+,58+,59+,60+,61+,64+,73+/m1/s1. The zero-order valence-corrected chi connectivity index (χ0v) is 58.6. The first-order valence-corrected chi connectivity index (χ1v) is 36.4. The van der Waals surface area contributed by atoms with Crippen molar-refractivity contribution < 1.29 is 65.9 Å². The monoisotopic (exact) mass is 1420 g/mol. The number of methoxy groups -OCH3 is 1. The number of hydrogen-bond donors (Lipinski definition) is 9. The number of hydrogen-bond acceptors (Lipinski definition) is 14. The molecule has 0 radical (unpaired) electrons. The maximum Gasteiger partial charge on any atom is 0.246 e. The molecule has 100 heavy (non-hydrogen) atoms. The van der Waals surface area contributed by atoms with Crippen molar-refractivity contribution in [2.24, 2.45) is 23.3 Å². The molecule has 4 aromatic carbocycles. The Hall–Kier alpha value is -8.69. The Bertz CT molecular complexity index is 3890. The number of Topliss-reactive ketones (excluding diaryl/α,β-unsaturated/α-hetero) is 1. The van der Waals surface area contributed by atoms with Crippen LogP contribution in [0.15, 0.2) is 91.1 Å². The molecule has 536 valence electrons. The van der Waals surface area contributed by atoms with Crippen molar-refractivity contribution in [2.75, 3.05) is 38.2 Å². The smallest absolute Gasteiger partial charge is 0.246 e. The van der Waals surface area contributed by atoms with Crippen molar-refractivity contribution in [3.8, 4) is 5.75 Å². The Kier molecular flexibility index (Phi) is 26.1. The Morgan fingerprint density at radius 2 is 1.44 bits per heavy atom. The van der Waals surface area contributed by atoms with Crippen molar-refractivity contribution in [3.05, 3.63) is 142 Å². The quantitative estimate of drug-likeness (QED) is 0.0600. The van der Waals surface area contributed by atoms with E-state index in [4.69, 9.17) is 16.2 Å². The van der Waals surface area contributed by atoms with Gasteiger partial charge in [0, 0.05) is 84.8 Å². The lowest BCUT2D eigenvalue weighted by molar-refractivity contribution is -0.147. The van der Waals surface area contributed by atoms with E-state index in [2.05, 4.69) is 36.9 Å². The SMILES string of the molecule is COc1ccc(C[C@@H]2NC(=O)[C@H](C(C)C)NC(=O)[C@@H]3CCCN3C(=O)[C@H](CC3=CCc4ccc(F)cc43)NC(=O)[C@H](Cc3c[nH]c4ccc(F)cc34)CC(=O)[C@@H](C)NC(=O)[C@H](CCCCN)NC(=O)CCSCc3cc(F)cc(c3)CSC[C@@H](C(N)=O)NC(=O)[C@]3(C)CCCN3C2=O)cc1. The second-order valence-corrected chi connectivity index (χ2v) is 29.0. The summed E-state index contributed by atoms with van der Waals surface area (Å²) in [5.41, 5.74) is 14.8. The molecule has 9 amide bonds. The lowest BCUT2D eigenvalue weighted by Gasteiger charge is -2.37. The highest BCUT2D eigenvalue weighted by Gasteiger charge is 2.49. The van der Waals surface area contributed by atoms with Gasteiger partial charge < -0.3 is 62.9 Å². The minimum atomic E-state index is -1.55. The Morgan fingerprint density at radius 3 is 2.16 bits per heavy atom. The number of primary amides is 1. The number of nitrogens with zero attached hydrogens (tertiary/aromatic N) is 2. The number of nitrogens with one attached hydrogen (secondary N) is 7. The molecule has 5 aromatic rings. The van der Waals surface area contributed by atoms with Gasteiger partial charge in [0.05, 0.1) is 13.2 Å². The number of ether oxygens (including phenoxy) is 1. The summed E-state index contributed by atoms with van der Waals surface area (Å²) in [5.74, 6) is -9.06. The molecule has 0 saturated carbocycles. The van der Waals surface area contributed by atoms with Gasteiger partial charge in [-0.2, -0.15) is 23.5 Å². The summed E-state index contributed by atoms with van der Waals surface area (Å²) < 4.78 is 50.6. The van der Waals surface area contributed by atoms with Crippen LogP contribution in [-0.4, -0.2) is 160 Å². The number of benzene rings is 4. The number of amides is 9. The molecule has 1 aromatic heterocycles. The van der Waals surface area contributed by atoms with E-state index in [0.29, 0.717) is 94.4 Å². The molecule has 4 heterocycles. The number of rotatable bonds is 13. The van der Waals surface area contributed by atoms with Crippen LogP contribution in [0.3, 0.4) is 0 Å². The number of thioether (sulfide) groups is 2. The highest BCUT2D eigenvalue weighted by Crippen LogP contribution is 2.35. The molecular weight excluding hydrogens is 1330 g/mol. The molecule has 27 heteroatoms. The van der Waals surface area contributed by atoms with Gasteiger partial charge in [0.15, 0.2) is 5.78 Å². The Labute approximate surface area is 588 Å². The van der Waals surface area contributed by atoms with Gasteiger partial charge in [0.25, 0.3) is 0 Å². The van der Waals surface area contributed by atoms with Crippen LogP contribution in [0.5, 0.6) is 5.75 Å². The summed E-state index contributed by atoms with van der Waals surface area (Å²) in [6.45, 7) is 6.85. The lowest BCUT2D eigenvalue weighted by atomic mass is 9.90. The lowest BCUT2D eigenvalue weighted by Crippen LogP contribution is -2.63. The van der Waals surface area contributed by atoms with E-state index in [1.165, 1.54) is 89.8 Å². The second-order valence-electron chi connectivity index (χ2n) is 26.8. The van der Waals surface area contributed by atoms with Crippen molar-refractivity contribution in [1.82, 2.24) is 46.7 Å². The first kappa shape index (κ1) is 75.5. The summed E-state index contributed by atoms with van der Waals surface area (Å²) in [5, 5.41) is 17.4. The number of nitrogens with two attached hydrogens (primary N) is 2. The first-order valence-electron chi connectivity index (χ1n) is 34.1. The summed E-state index contributed by atoms with van der Waals surface area (Å²) in [6, 6.07) is 10.9. The maximum absolute atomic E-state index is 15.5. The minimum absolute atomic E-state index is 0.0175. The zero-order chi connectivity index (χ0) is 71.9. The number of fused-ring (bicyclic) bond motifs is 6. The van der Waals surface area contributed by atoms with Gasteiger partial charge in [-0.1, -0.05) is 44.2 Å². The summed E-state index contributed by atoms with van der Waals surface area (Å²) in [6.07, 6.45) is 4.96. The molecule has 2 saturated heterocycles. The molecule has 0 spiro atoms. The van der Waals surface area contributed by atoms with Crippen LogP contribution in [0.4, 0.5) is 13.2 Å². The Morgan fingerprint density at radius 1 is 0.730 bits per heavy atom. The average Bonchev–Trinajstić information content (AvgIpc) is 1.58. The maximum atomic E-state index is 15.5. The van der Waals surface area contributed by atoms with E-state index in [1.807, 2.05) is 6.08 Å². The van der Waals surface area contributed by atoms with E-state index in [1.54, 1.807) is 63.4 Å². The van der Waals surface area contributed by atoms with Gasteiger partial charge in [-0.15, -0.1) is 0 Å². The van der Waals surface area contributed by atoms with Gasteiger partial charge in [0.1, 0.15) is 65.0 Å². The van der Waals surface area contributed by atoms with Gasteiger partial charge in [-0.05, 0) is 178 Å². The van der Waals surface area contributed by atoms with Crippen LogP contribution in [-0.2, 0) is 78.7 Å². The molecule has 9 rings (SSSR count). The fourth-order valence-electron chi connectivity index (χ4n) is 13.5. The molecule has 2 fully saturated rings. The molecule has 9 atom stereocenters. The number of carbonyl (C=O) groups excluding carboxylic acids is 10. The second kappa shape index (κ2) is 34.6. The van der Waals surface area contributed by atoms with E-state index in [-0.39, 0.29) is 75.3 Å². The number of H-pyrrole nitrogens is 1. The number of allylic oxidation sites excluding steroid dienone is 1. The van der Waals surface area contributed by atoms with E-state index in [9.17, 15) is 38.0 Å². The van der Waals surface area contributed by atoms with E-state index >= 15 is 23.2 Å². The third kappa shape index (κ3) is 19.2. The molecule has 11 N–H and O–H groups in total. The van der Waals surface area contributed by atoms with Gasteiger partial charge >= 0.3 is 0 Å². The van der Waals surface area contributed by atoms with Crippen LogP contribution in [0.2, 0.25) is 0 Å². The zero-order valence-electron chi connectivity index (χ0n) is 57.0. The number of unbranched alkanes of at least 4 members (excludes halogenated alkanes) is 1. The van der Waals surface area contributed by atoms with Crippen molar-refractivity contribution in [3.63, 3.8) is 0 Å². The van der Waals surface area contributed by atoms with Crippen molar-refractivity contribution >= 4 is 98.9 Å². The number of carbonyl (C=O) groups is 10. The molecular formula is C73H90F3N11O11S2. The summed E-state index contributed by atoms with van der Waals surface area (Å²) in [7, 11) is 1.50. The highest BCUT2D eigenvalue weighted by molar-refractivity contribution is 7.98. The molecule has 3 aliphatic heterocycles. The molecule has 1 aliphatic carbocycles. The first-order chi connectivity index (χ1) is 47.8. The largest absolute Gasteiger partial charge is 0.497 e. The van der Waals surface area contributed by atoms with E-state index in [0.717, 1.165) is 5.56 Å². The van der Waals surface area contributed by atoms with Crippen molar-refractivity contribution in [2.45, 2.75) is 171 Å². The summed E-state index contributed by atoms with van der Waals surface area (Å²) >= 11 is 2.57. The third-order valence-electron chi connectivity index (χ3n) is 19.1. The minimum Gasteiger partial charge on any atom is -0.497 e. The van der Waals surface area contributed by atoms with Crippen LogP contribution in [0.1, 0.15) is 125 Å². The van der Waals surface area contributed by atoms with Crippen molar-refractivity contribution in [1.29, 1.82) is 0 Å². The van der Waals surface area contributed by atoms with Crippen LogP contribution in [0.25, 0.3) is 16.5 Å². The number of ketones is 1. The topological polar surface area (TPSA) is 326 Å². The van der Waals surface area contributed by atoms with E-state index < -0.39 is 142 Å². The molecule has 4 aliphatic rings. The van der Waals surface area contributed by atoms with Gasteiger partial charge in [0.2, 0.25) is 53.2 Å². The number of aromatic nitrogens is 1. The molecule has 2 bridgehead atoms. The molecule has 0 unspecified atom stereocenters.